The molecule has 0 spiro atoms. The first-order chi connectivity index (χ1) is 10.3. The lowest BCUT2D eigenvalue weighted by atomic mass is 10.3. The van der Waals surface area contributed by atoms with Crippen LogP contribution in [0.25, 0.3) is 0 Å². The lowest BCUT2D eigenvalue weighted by Crippen LogP contribution is -2.04. The molecular weight excluding hydrogens is 350 g/mol. The van der Waals surface area contributed by atoms with E-state index < -0.39 is 0 Å². The van der Waals surface area contributed by atoms with E-state index in [1.165, 1.54) is 12.8 Å². The first-order valence-electron chi connectivity index (χ1n) is 7.22. The molecular formula is C15H18BrN3OS. The molecule has 21 heavy (non-hydrogen) atoms. The first-order valence-corrected chi connectivity index (χ1v) is 9.00. The third kappa shape index (κ3) is 3.80. The number of hydrogen-bond donors (Lipinski definition) is 0. The van der Waals surface area contributed by atoms with E-state index in [0.717, 1.165) is 33.5 Å². The molecule has 1 fully saturated rings. The highest BCUT2D eigenvalue weighted by Crippen LogP contribution is 2.39. The number of benzene rings is 1. The van der Waals surface area contributed by atoms with E-state index >= 15 is 0 Å². The Kier molecular flexibility index (Phi) is 4.85. The number of aromatic nitrogens is 3. The van der Waals surface area contributed by atoms with Crippen LogP contribution in [0.15, 0.2) is 33.9 Å². The van der Waals surface area contributed by atoms with Gasteiger partial charge in [0.25, 0.3) is 0 Å². The number of thioether (sulfide) groups is 1. The van der Waals surface area contributed by atoms with Gasteiger partial charge >= 0.3 is 0 Å². The van der Waals surface area contributed by atoms with Gasteiger partial charge in [-0.15, -0.1) is 10.2 Å². The molecule has 1 heterocycles. The Labute approximate surface area is 137 Å². The highest BCUT2D eigenvalue weighted by atomic mass is 79.9. The van der Waals surface area contributed by atoms with Crippen LogP contribution in [-0.4, -0.2) is 27.1 Å². The van der Waals surface area contributed by atoms with Gasteiger partial charge < -0.3 is 9.30 Å². The number of rotatable bonds is 7. The molecule has 4 nitrogen and oxygen atoms in total. The smallest absolute Gasteiger partial charge is 0.191 e. The van der Waals surface area contributed by atoms with E-state index in [9.17, 15) is 0 Å². The van der Waals surface area contributed by atoms with Crippen LogP contribution < -0.4 is 4.74 Å². The molecule has 0 bridgehead atoms. The van der Waals surface area contributed by atoms with Crippen LogP contribution >= 0.6 is 27.7 Å². The normalized spacial score (nSPS) is 14.4. The fourth-order valence-electron chi connectivity index (χ4n) is 2.20. The fraction of sp³-hybridized carbons (Fsp3) is 0.467. The van der Waals surface area contributed by atoms with Crippen LogP contribution in [-0.2, 0) is 6.54 Å². The molecule has 0 N–H and O–H groups in total. The second kappa shape index (κ2) is 6.83. The molecule has 0 atom stereocenters. The molecule has 0 saturated heterocycles. The maximum absolute atomic E-state index is 5.74. The minimum Gasteiger partial charge on any atom is -0.493 e. The summed E-state index contributed by atoms with van der Waals surface area (Å²) >= 11 is 5.16. The minimum atomic E-state index is 0.643. The van der Waals surface area contributed by atoms with Gasteiger partial charge in [0.1, 0.15) is 11.6 Å². The third-order valence-corrected chi connectivity index (χ3v) is 4.81. The van der Waals surface area contributed by atoms with Crippen molar-refractivity contribution in [3.8, 4) is 5.75 Å². The third-order valence-electron chi connectivity index (χ3n) is 3.38. The van der Waals surface area contributed by atoms with E-state index in [1.54, 1.807) is 11.8 Å². The molecule has 0 unspecified atom stereocenters. The van der Waals surface area contributed by atoms with Crippen molar-refractivity contribution >= 4 is 27.7 Å². The van der Waals surface area contributed by atoms with Gasteiger partial charge in [-0.2, -0.15) is 0 Å². The average Bonchev–Trinajstić information content (AvgIpc) is 3.24. The van der Waals surface area contributed by atoms with Gasteiger partial charge in [-0.25, -0.2) is 0 Å². The summed E-state index contributed by atoms with van der Waals surface area (Å²) in [6.07, 6.45) is 2.52. The molecule has 0 amide bonds. The summed E-state index contributed by atoms with van der Waals surface area (Å²) in [6.45, 7) is 3.75. The van der Waals surface area contributed by atoms with E-state index in [4.69, 9.17) is 4.74 Å². The Morgan fingerprint density at radius 3 is 2.95 bits per heavy atom. The molecule has 2 aromatic rings. The summed E-state index contributed by atoms with van der Waals surface area (Å²) in [5.41, 5.74) is 0. The summed E-state index contributed by atoms with van der Waals surface area (Å²) in [4.78, 5) is 0. The summed E-state index contributed by atoms with van der Waals surface area (Å²) in [7, 11) is 0. The monoisotopic (exact) mass is 367 g/mol. The Balaban J connectivity index is 1.51. The minimum absolute atomic E-state index is 0.643. The topological polar surface area (TPSA) is 39.9 Å². The number of nitrogens with zero attached hydrogens (tertiary/aromatic N) is 3. The first kappa shape index (κ1) is 14.9. The van der Waals surface area contributed by atoms with Crippen molar-refractivity contribution in [2.45, 2.75) is 37.4 Å². The Hall–Kier alpha value is -1.01. The lowest BCUT2D eigenvalue weighted by Gasteiger charge is -2.08. The molecule has 112 valence electrons. The maximum Gasteiger partial charge on any atom is 0.191 e. The van der Waals surface area contributed by atoms with Crippen molar-refractivity contribution in [2.24, 2.45) is 0 Å². The van der Waals surface area contributed by atoms with Crippen LogP contribution in [0.4, 0.5) is 0 Å². The van der Waals surface area contributed by atoms with Gasteiger partial charge in [0.15, 0.2) is 5.16 Å². The summed E-state index contributed by atoms with van der Waals surface area (Å²) in [5, 5.41) is 9.67. The number of halogens is 1. The molecule has 3 rings (SSSR count). The van der Waals surface area contributed by atoms with Crippen molar-refractivity contribution in [3.05, 3.63) is 34.6 Å². The van der Waals surface area contributed by atoms with Gasteiger partial charge in [-0.3, -0.25) is 0 Å². The fourth-order valence-corrected chi connectivity index (χ4v) is 3.40. The maximum atomic E-state index is 5.74. The average molecular weight is 368 g/mol. The SMILES string of the molecule is CCn1c(SCCOc2cccc(Br)c2)nnc1C1CC1. The standard InChI is InChI=1S/C15H18BrN3OS/c1-2-19-14(11-6-7-11)17-18-15(19)21-9-8-20-13-5-3-4-12(16)10-13/h3-5,10-11H,2,6-9H2,1H3. The predicted molar refractivity (Wildman–Crippen MR) is 88.0 cm³/mol. The van der Waals surface area contributed by atoms with Crippen molar-refractivity contribution in [2.75, 3.05) is 12.4 Å². The van der Waals surface area contributed by atoms with Crippen LogP contribution in [0.3, 0.4) is 0 Å². The molecule has 0 aliphatic heterocycles. The molecule has 1 aromatic carbocycles. The van der Waals surface area contributed by atoms with Crippen LogP contribution in [0.2, 0.25) is 0 Å². The molecule has 1 saturated carbocycles. The summed E-state index contributed by atoms with van der Waals surface area (Å²) < 4.78 is 9.01. The van der Waals surface area contributed by atoms with Gasteiger partial charge in [-0.05, 0) is 38.0 Å². The van der Waals surface area contributed by atoms with Gasteiger partial charge in [0, 0.05) is 22.7 Å². The van der Waals surface area contributed by atoms with E-state index in [-0.39, 0.29) is 0 Å². The Morgan fingerprint density at radius 1 is 1.38 bits per heavy atom. The van der Waals surface area contributed by atoms with Gasteiger partial charge in [0.05, 0.1) is 6.61 Å². The van der Waals surface area contributed by atoms with Crippen LogP contribution in [0, 0.1) is 0 Å². The lowest BCUT2D eigenvalue weighted by molar-refractivity contribution is 0.343. The number of hydrogen-bond acceptors (Lipinski definition) is 4. The molecule has 1 aliphatic carbocycles. The second-order valence-corrected chi connectivity index (χ2v) is 6.99. The second-order valence-electron chi connectivity index (χ2n) is 5.01. The van der Waals surface area contributed by atoms with Crippen LogP contribution in [0.1, 0.15) is 31.5 Å². The zero-order chi connectivity index (χ0) is 14.7. The van der Waals surface area contributed by atoms with E-state index in [1.807, 2.05) is 24.3 Å². The molecule has 1 aliphatic rings. The van der Waals surface area contributed by atoms with Crippen molar-refractivity contribution in [1.82, 2.24) is 14.8 Å². The van der Waals surface area contributed by atoms with Gasteiger partial charge in [-0.1, -0.05) is 33.8 Å². The number of ether oxygens (including phenoxy) is 1. The quantitative estimate of drug-likeness (QED) is 0.545. The van der Waals surface area contributed by atoms with Gasteiger partial charge in [0.2, 0.25) is 0 Å². The highest BCUT2D eigenvalue weighted by Gasteiger charge is 2.29. The van der Waals surface area contributed by atoms with Crippen LogP contribution in [0.5, 0.6) is 5.75 Å². The summed E-state index contributed by atoms with van der Waals surface area (Å²) in [6, 6.07) is 7.91. The molecule has 0 radical (unpaired) electrons. The molecule has 1 aromatic heterocycles. The van der Waals surface area contributed by atoms with E-state index in [0.29, 0.717) is 12.5 Å². The Morgan fingerprint density at radius 2 is 2.24 bits per heavy atom. The van der Waals surface area contributed by atoms with Crippen molar-refractivity contribution in [3.63, 3.8) is 0 Å². The zero-order valence-electron chi connectivity index (χ0n) is 12.0. The summed E-state index contributed by atoms with van der Waals surface area (Å²) in [5.74, 6) is 3.56. The van der Waals surface area contributed by atoms with Crippen molar-refractivity contribution < 1.29 is 4.74 Å². The molecule has 6 heteroatoms. The Bertz CT molecular complexity index is 613. The predicted octanol–water partition coefficient (Wildman–Crippen LogP) is 4.11. The van der Waals surface area contributed by atoms with Crippen molar-refractivity contribution in [1.29, 1.82) is 0 Å². The zero-order valence-corrected chi connectivity index (χ0v) is 14.4. The van der Waals surface area contributed by atoms with E-state index in [2.05, 4.69) is 37.6 Å². The highest BCUT2D eigenvalue weighted by molar-refractivity contribution is 9.10. The largest absolute Gasteiger partial charge is 0.493 e.